The van der Waals surface area contributed by atoms with Gasteiger partial charge in [0.2, 0.25) is 5.79 Å². The van der Waals surface area contributed by atoms with Gasteiger partial charge in [0.25, 0.3) is 0 Å². The highest BCUT2D eigenvalue weighted by Gasteiger charge is 2.65. The Labute approximate surface area is 417 Å². The molecule has 2 aliphatic carbocycles. The number of nitrogens with zero attached hydrogens (tertiary/aromatic N) is 2. The number of fused-ring (bicyclic) bond motifs is 3. The zero-order valence-electron chi connectivity index (χ0n) is 42.1. The van der Waals surface area contributed by atoms with E-state index in [4.69, 9.17) is 28.9 Å². The fraction of sp³-hybridized carbons (Fsp3) is 0.569. The van der Waals surface area contributed by atoms with Crippen LogP contribution in [0.25, 0.3) is 10.8 Å². The van der Waals surface area contributed by atoms with E-state index >= 15 is 0 Å². The summed E-state index contributed by atoms with van der Waals surface area (Å²) in [6.45, 7) is 13.5. The van der Waals surface area contributed by atoms with E-state index in [1.807, 2.05) is 43.3 Å². The molecule has 12 nitrogen and oxygen atoms in total. The number of carbonyl (C=O) groups excluding carboxylic acids is 2. The molecule has 1 aliphatic heterocycles. The average molecular weight is 964 g/mol. The number of amides is 2. The molecule has 3 N–H and O–H groups in total. The SMILES string of the molecule is C=CCCOC(=O)N(Cc1cccc2ccccc12)C1CC(=NOCC)C2=CC(CCCCO)C(CCCCO)C3c4cc(OC(=O)NCCCCCCCCCCCC)ccc4OC1(OCC=C)C23. The molecule has 2 amide bonds. The lowest BCUT2D eigenvalue weighted by Gasteiger charge is -2.59. The van der Waals surface area contributed by atoms with Crippen molar-refractivity contribution in [3.8, 4) is 11.5 Å². The van der Waals surface area contributed by atoms with E-state index in [0.29, 0.717) is 49.6 Å². The van der Waals surface area contributed by atoms with Gasteiger partial charge < -0.3 is 39.3 Å². The minimum atomic E-state index is -1.49. The summed E-state index contributed by atoms with van der Waals surface area (Å²) >= 11 is 0. The molecule has 382 valence electrons. The summed E-state index contributed by atoms with van der Waals surface area (Å²) in [5.41, 5.74) is 3.40. The number of aliphatic hydroxyl groups excluding tert-OH is 2. The quantitative estimate of drug-likeness (QED) is 0.0325. The first-order valence-electron chi connectivity index (χ1n) is 26.5. The van der Waals surface area contributed by atoms with Crippen molar-refractivity contribution in [2.45, 2.75) is 154 Å². The lowest BCUT2D eigenvalue weighted by atomic mass is 9.55. The Morgan fingerprint density at radius 3 is 2.33 bits per heavy atom. The predicted octanol–water partition coefficient (Wildman–Crippen LogP) is 12.7. The van der Waals surface area contributed by atoms with Gasteiger partial charge in [-0.2, -0.15) is 0 Å². The number of hydrogen-bond donors (Lipinski definition) is 3. The summed E-state index contributed by atoms with van der Waals surface area (Å²) in [4.78, 5) is 36.0. The third-order valence-corrected chi connectivity index (χ3v) is 14.3. The van der Waals surface area contributed by atoms with E-state index in [1.165, 1.54) is 44.9 Å². The lowest BCUT2D eigenvalue weighted by Crippen LogP contribution is -2.70. The van der Waals surface area contributed by atoms with E-state index in [9.17, 15) is 19.8 Å². The van der Waals surface area contributed by atoms with Gasteiger partial charge >= 0.3 is 12.2 Å². The first kappa shape index (κ1) is 54.2. The third-order valence-electron chi connectivity index (χ3n) is 14.3. The van der Waals surface area contributed by atoms with Gasteiger partial charge in [-0.1, -0.05) is 143 Å². The zero-order valence-corrected chi connectivity index (χ0v) is 42.1. The van der Waals surface area contributed by atoms with Crippen LogP contribution in [-0.2, 0) is 20.9 Å². The number of benzene rings is 3. The molecule has 0 saturated heterocycles. The molecule has 0 spiro atoms. The van der Waals surface area contributed by atoms with Crippen LogP contribution >= 0.6 is 0 Å². The monoisotopic (exact) mass is 964 g/mol. The Bertz CT molecular complexity index is 2190. The van der Waals surface area contributed by atoms with Gasteiger partial charge in [0.1, 0.15) is 24.1 Å². The summed E-state index contributed by atoms with van der Waals surface area (Å²) < 4.78 is 26.7. The summed E-state index contributed by atoms with van der Waals surface area (Å²) in [5, 5.41) is 29.9. The highest BCUT2D eigenvalue weighted by atomic mass is 16.7. The van der Waals surface area contributed by atoms with Crippen LogP contribution in [0.1, 0.15) is 146 Å². The van der Waals surface area contributed by atoms with Crippen molar-refractivity contribution in [1.82, 2.24) is 10.2 Å². The van der Waals surface area contributed by atoms with Crippen LogP contribution < -0.4 is 14.8 Å². The van der Waals surface area contributed by atoms with Crippen molar-refractivity contribution in [3.05, 3.63) is 109 Å². The Morgan fingerprint density at radius 2 is 1.60 bits per heavy atom. The molecule has 6 unspecified atom stereocenters. The fourth-order valence-corrected chi connectivity index (χ4v) is 11.0. The highest BCUT2D eigenvalue weighted by molar-refractivity contribution is 6.03. The number of hydrogen-bond acceptors (Lipinski definition) is 10. The third kappa shape index (κ3) is 14.0. The molecule has 0 radical (unpaired) electrons. The maximum atomic E-state index is 14.9. The molecule has 3 aliphatic rings. The average Bonchev–Trinajstić information content (AvgIpc) is 3.37. The Hall–Kier alpha value is -5.17. The molecule has 70 heavy (non-hydrogen) atoms. The second kappa shape index (κ2) is 28.6. The fourth-order valence-electron chi connectivity index (χ4n) is 11.0. The number of nitrogens with one attached hydrogen (secondary N) is 1. The molecular weight excluding hydrogens is 883 g/mol. The van der Waals surface area contributed by atoms with E-state index < -0.39 is 29.9 Å². The van der Waals surface area contributed by atoms with Crippen LogP contribution in [0.5, 0.6) is 11.5 Å². The van der Waals surface area contributed by atoms with Crippen LogP contribution in [-0.4, -0.2) is 84.4 Å². The number of allylic oxidation sites excluding steroid dienone is 1. The maximum absolute atomic E-state index is 14.9. The van der Waals surface area contributed by atoms with Crippen molar-refractivity contribution >= 4 is 28.7 Å². The first-order valence-corrected chi connectivity index (χ1v) is 26.5. The van der Waals surface area contributed by atoms with Crippen LogP contribution in [0.4, 0.5) is 9.59 Å². The number of rotatable bonds is 31. The van der Waals surface area contributed by atoms with Gasteiger partial charge in [0, 0.05) is 37.7 Å². The highest BCUT2D eigenvalue weighted by Crippen LogP contribution is 2.62. The number of carbonyl (C=O) groups is 2. The normalized spacial score (nSPS) is 21.7. The molecule has 3 aromatic rings. The van der Waals surface area contributed by atoms with Gasteiger partial charge in [-0.05, 0) is 97.4 Å². The molecule has 1 fully saturated rings. The smallest absolute Gasteiger partial charge is 0.412 e. The minimum Gasteiger partial charge on any atom is -0.459 e. The van der Waals surface area contributed by atoms with E-state index in [1.54, 1.807) is 23.1 Å². The molecule has 12 heteroatoms. The van der Waals surface area contributed by atoms with Crippen LogP contribution in [0.3, 0.4) is 0 Å². The zero-order chi connectivity index (χ0) is 49.6. The van der Waals surface area contributed by atoms with Crippen LogP contribution in [0.15, 0.2) is 103 Å². The number of aliphatic hydroxyl groups is 2. The number of oxime groups is 1. The standard InChI is InChI=1S/C58H81N3O9/c1-5-9-11-12-13-14-15-16-17-22-34-59-56(64)69-46-32-33-52-50(40-46)54-48(31-21-24-36-63)44(27-20-23-35-62)39-49-51(60-68-8-4)41-53(58(70-52,55(49)54)67-37-7-3)61(57(65)66-38-10-6-2)42-45-29-25-28-43-26-18-19-30-47(43)45/h6-7,18-19,25-26,28-30,32-33,39-40,44,48,53-55,62-63H,2-3,5,8-17,20-24,27,31,34-38,41-42H2,1,4H3,(H,59,64). The molecule has 0 bridgehead atoms. The minimum absolute atomic E-state index is 0.00748. The van der Waals surface area contributed by atoms with Crippen molar-refractivity contribution in [2.24, 2.45) is 22.9 Å². The summed E-state index contributed by atoms with van der Waals surface area (Å²) in [5.74, 6) is -1.34. The molecule has 0 aromatic heterocycles. The summed E-state index contributed by atoms with van der Waals surface area (Å²) in [6, 6.07) is 19.0. The number of ether oxygens (including phenoxy) is 4. The van der Waals surface area contributed by atoms with Gasteiger partial charge in [-0.15, -0.1) is 13.2 Å². The second-order valence-electron chi connectivity index (χ2n) is 19.1. The first-order chi connectivity index (χ1) is 34.3. The van der Waals surface area contributed by atoms with E-state index in [2.05, 4.69) is 49.7 Å². The Kier molecular flexibility index (Phi) is 22.1. The van der Waals surface area contributed by atoms with E-state index in [-0.39, 0.29) is 57.1 Å². The summed E-state index contributed by atoms with van der Waals surface area (Å²) in [7, 11) is 0. The van der Waals surface area contributed by atoms with Crippen molar-refractivity contribution in [1.29, 1.82) is 0 Å². The molecular formula is C58H81N3O9. The molecule has 1 heterocycles. The van der Waals surface area contributed by atoms with Gasteiger partial charge in [-0.25, -0.2) is 9.59 Å². The van der Waals surface area contributed by atoms with Crippen molar-refractivity contribution < 1.29 is 43.6 Å². The van der Waals surface area contributed by atoms with E-state index in [0.717, 1.165) is 72.4 Å². The second-order valence-corrected chi connectivity index (χ2v) is 19.1. The van der Waals surface area contributed by atoms with Gasteiger partial charge in [-0.3, -0.25) is 4.90 Å². The van der Waals surface area contributed by atoms with Crippen LogP contribution in [0, 0.1) is 17.8 Å². The van der Waals surface area contributed by atoms with Crippen LogP contribution in [0.2, 0.25) is 0 Å². The van der Waals surface area contributed by atoms with Gasteiger partial charge in [0.15, 0.2) is 0 Å². The summed E-state index contributed by atoms with van der Waals surface area (Å²) in [6.07, 6.45) is 21.9. The maximum Gasteiger partial charge on any atom is 0.412 e. The predicted molar refractivity (Wildman–Crippen MR) is 278 cm³/mol. The van der Waals surface area contributed by atoms with Crippen molar-refractivity contribution in [3.63, 3.8) is 0 Å². The van der Waals surface area contributed by atoms with Gasteiger partial charge in [0.05, 0.1) is 31.4 Å². The largest absolute Gasteiger partial charge is 0.459 e. The molecule has 6 rings (SSSR count). The molecule has 1 saturated carbocycles. The molecule has 3 aromatic carbocycles. The lowest BCUT2D eigenvalue weighted by molar-refractivity contribution is -0.256. The van der Waals surface area contributed by atoms with Crippen molar-refractivity contribution in [2.75, 3.05) is 39.6 Å². The number of unbranched alkanes of at least 4 members (excludes halogenated alkanes) is 11. The Morgan fingerprint density at radius 1 is 0.871 bits per heavy atom. The Balaban J connectivity index is 1.42. The molecule has 6 atom stereocenters. The topological polar surface area (TPSA) is 148 Å².